The fourth-order valence-electron chi connectivity index (χ4n) is 10.0. The molecule has 0 unspecified atom stereocenters. The molecule has 6 heteroatoms. The lowest BCUT2D eigenvalue weighted by molar-refractivity contribution is 0.650. The highest BCUT2D eigenvalue weighted by atomic mass is 16.3. The Labute approximate surface area is 329 Å². The van der Waals surface area contributed by atoms with Gasteiger partial charge in [-0.3, -0.25) is 9.13 Å². The molecule has 268 valence electrons. The van der Waals surface area contributed by atoms with Gasteiger partial charge in [-0.25, -0.2) is 0 Å². The van der Waals surface area contributed by atoms with Gasteiger partial charge in [-0.2, -0.15) is 9.97 Å². The van der Waals surface area contributed by atoms with Crippen molar-refractivity contribution in [3.05, 3.63) is 176 Å². The maximum Gasteiger partial charge on any atom is 0.240 e. The molecule has 0 saturated heterocycles. The number of aromatic nitrogens is 5. The van der Waals surface area contributed by atoms with E-state index in [9.17, 15) is 0 Å². The summed E-state index contributed by atoms with van der Waals surface area (Å²) < 4.78 is 13.7. The second-order valence-corrected chi connectivity index (χ2v) is 15.3. The van der Waals surface area contributed by atoms with Gasteiger partial charge in [0.25, 0.3) is 0 Å². The molecule has 0 fully saturated rings. The van der Waals surface area contributed by atoms with E-state index in [1.165, 1.54) is 65.4 Å². The van der Waals surface area contributed by atoms with E-state index in [-0.39, 0.29) is 0 Å². The first-order valence-electron chi connectivity index (χ1n) is 19.7. The maximum absolute atomic E-state index is 6.66. The number of nitrogens with zero attached hydrogens (tertiary/aromatic N) is 5. The fraction of sp³-hybridized carbons (Fsp3) is 0. The van der Waals surface area contributed by atoms with Crippen molar-refractivity contribution in [1.29, 1.82) is 0 Å². The first kappa shape index (κ1) is 30.3. The molecule has 6 heterocycles. The highest BCUT2D eigenvalue weighted by molar-refractivity contribution is 6.35. The zero-order chi connectivity index (χ0) is 37.6. The van der Waals surface area contributed by atoms with Gasteiger partial charge >= 0.3 is 0 Å². The SMILES string of the molecule is c1ccc(-c2ccc3c4cc5c(c6ccccc6n5-c5nc(-n6c7ccccc7c7ccccc76)c6c(n5)oc5ccccc56)c5c6ccccc6n(c3c2)c45)cc1. The van der Waals surface area contributed by atoms with Gasteiger partial charge in [0, 0.05) is 48.5 Å². The molecule has 14 rings (SSSR count). The summed E-state index contributed by atoms with van der Waals surface area (Å²) in [5.41, 5.74) is 11.6. The number of hydrogen-bond donors (Lipinski definition) is 0. The molecule has 8 aromatic carbocycles. The molecule has 0 radical (unpaired) electrons. The minimum Gasteiger partial charge on any atom is -0.437 e. The largest absolute Gasteiger partial charge is 0.437 e. The smallest absolute Gasteiger partial charge is 0.240 e. The molecule has 0 amide bonds. The predicted molar refractivity (Wildman–Crippen MR) is 238 cm³/mol. The molecular formula is C52H29N5O. The van der Waals surface area contributed by atoms with Crippen LogP contribution >= 0.6 is 0 Å². The Morgan fingerprint density at radius 1 is 0.362 bits per heavy atom. The Balaban J connectivity index is 1.16. The highest BCUT2D eigenvalue weighted by Gasteiger charge is 2.27. The van der Waals surface area contributed by atoms with E-state index in [0.29, 0.717) is 11.7 Å². The van der Waals surface area contributed by atoms with Crippen LogP contribution in [0.1, 0.15) is 0 Å². The van der Waals surface area contributed by atoms with Gasteiger partial charge in [-0.05, 0) is 53.6 Å². The minimum atomic E-state index is 0.551. The van der Waals surface area contributed by atoms with Crippen molar-refractivity contribution in [3.8, 4) is 22.9 Å². The Bertz CT molecular complexity index is 3980. The molecule has 6 nitrogen and oxygen atoms in total. The number of hydrogen-bond acceptors (Lipinski definition) is 3. The molecule has 0 spiro atoms. The van der Waals surface area contributed by atoms with Crippen LogP contribution in [0.25, 0.3) is 127 Å². The number of furan rings is 1. The van der Waals surface area contributed by atoms with Crippen molar-refractivity contribution in [2.45, 2.75) is 0 Å². The van der Waals surface area contributed by atoms with E-state index in [1.807, 2.05) is 12.1 Å². The molecule has 14 aromatic rings. The second-order valence-electron chi connectivity index (χ2n) is 15.3. The first-order valence-corrected chi connectivity index (χ1v) is 19.7. The minimum absolute atomic E-state index is 0.551. The average molecular weight is 740 g/mol. The van der Waals surface area contributed by atoms with Crippen LogP contribution in [0.2, 0.25) is 0 Å². The summed E-state index contributed by atoms with van der Waals surface area (Å²) in [6.45, 7) is 0. The van der Waals surface area contributed by atoms with Gasteiger partial charge in [0.1, 0.15) is 5.58 Å². The number of fused-ring (bicyclic) bond motifs is 16. The van der Waals surface area contributed by atoms with E-state index in [2.05, 4.69) is 177 Å². The van der Waals surface area contributed by atoms with Crippen LogP contribution in [0.5, 0.6) is 0 Å². The van der Waals surface area contributed by atoms with E-state index < -0.39 is 0 Å². The van der Waals surface area contributed by atoms with Crippen molar-refractivity contribution in [3.63, 3.8) is 0 Å². The van der Waals surface area contributed by atoms with Crippen LogP contribution < -0.4 is 0 Å². The summed E-state index contributed by atoms with van der Waals surface area (Å²) >= 11 is 0. The van der Waals surface area contributed by atoms with Crippen LogP contribution in [-0.2, 0) is 0 Å². The summed E-state index contributed by atoms with van der Waals surface area (Å²) in [4.78, 5) is 11.0. The van der Waals surface area contributed by atoms with Crippen LogP contribution in [0.3, 0.4) is 0 Å². The fourth-order valence-corrected chi connectivity index (χ4v) is 10.0. The summed E-state index contributed by atoms with van der Waals surface area (Å²) in [6.07, 6.45) is 0. The monoisotopic (exact) mass is 739 g/mol. The zero-order valence-corrected chi connectivity index (χ0v) is 30.9. The third-order valence-electron chi connectivity index (χ3n) is 12.4. The molecule has 0 saturated carbocycles. The van der Waals surface area contributed by atoms with Crippen LogP contribution in [0, 0.1) is 0 Å². The third kappa shape index (κ3) is 3.76. The molecule has 0 aliphatic heterocycles. The molecule has 0 aliphatic carbocycles. The summed E-state index contributed by atoms with van der Waals surface area (Å²) in [5.74, 6) is 1.34. The van der Waals surface area contributed by atoms with Gasteiger partial charge in [-0.1, -0.05) is 133 Å². The lowest BCUT2D eigenvalue weighted by Crippen LogP contribution is -2.06. The molecule has 0 N–H and O–H groups in total. The van der Waals surface area contributed by atoms with E-state index >= 15 is 0 Å². The van der Waals surface area contributed by atoms with Crippen molar-refractivity contribution in [2.75, 3.05) is 0 Å². The van der Waals surface area contributed by atoms with Crippen LogP contribution in [-0.4, -0.2) is 23.5 Å². The predicted octanol–water partition coefficient (Wildman–Crippen LogP) is 13.4. The summed E-state index contributed by atoms with van der Waals surface area (Å²) in [6, 6.07) is 62.8. The Hall–Kier alpha value is -7.96. The third-order valence-corrected chi connectivity index (χ3v) is 12.4. The van der Waals surface area contributed by atoms with Crippen molar-refractivity contribution >= 4 is 104 Å². The van der Waals surface area contributed by atoms with Crippen molar-refractivity contribution < 1.29 is 4.42 Å². The van der Waals surface area contributed by atoms with Gasteiger partial charge in [-0.15, -0.1) is 0 Å². The number of benzene rings is 8. The molecule has 58 heavy (non-hydrogen) atoms. The van der Waals surface area contributed by atoms with E-state index in [4.69, 9.17) is 14.4 Å². The lowest BCUT2D eigenvalue weighted by atomic mass is 10.0. The normalized spacial score (nSPS) is 12.5. The number of rotatable bonds is 3. The second kappa shape index (κ2) is 10.9. The lowest BCUT2D eigenvalue weighted by Gasteiger charge is -2.12. The van der Waals surface area contributed by atoms with Gasteiger partial charge in [0.2, 0.25) is 11.7 Å². The zero-order valence-electron chi connectivity index (χ0n) is 30.9. The number of para-hydroxylation sites is 5. The Morgan fingerprint density at radius 2 is 0.948 bits per heavy atom. The van der Waals surface area contributed by atoms with Crippen molar-refractivity contribution in [1.82, 2.24) is 23.5 Å². The van der Waals surface area contributed by atoms with Gasteiger partial charge < -0.3 is 8.82 Å². The molecule has 0 bridgehead atoms. The standard InChI is InChI=1S/C52H29N5O/c1-2-14-30(15-3-1)31-26-27-34-38-29-44-46(47-36-19-7-11-23-41(36)55(49(38)47)43(34)28-31)35-18-6-12-24-42(35)57(44)52-53-50(48-37-20-8-13-25-45(37)58-51(48)54-52)56-39-21-9-4-16-32(39)33-17-5-10-22-40(33)56/h1-29H. The van der Waals surface area contributed by atoms with Crippen LogP contribution in [0.15, 0.2) is 180 Å². The van der Waals surface area contributed by atoms with E-state index in [0.717, 1.165) is 49.6 Å². The summed E-state index contributed by atoms with van der Waals surface area (Å²) in [5, 5.41) is 11.4. The van der Waals surface area contributed by atoms with E-state index in [1.54, 1.807) is 0 Å². The van der Waals surface area contributed by atoms with Crippen LogP contribution in [0.4, 0.5) is 0 Å². The summed E-state index contributed by atoms with van der Waals surface area (Å²) in [7, 11) is 0. The Kier molecular flexibility index (Phi) is 5.68. The molecular weight excluding hydrogens is 711 g/mol. The van der Waals surface area contributed by atoms with Gasteiger partial charge in [0.05, 0.1) is 44.0 Å². The molecule has 0 atom stereocenters. The Morgan fingerprint density at radius 3 is 1.69 bits per heavy atom. The quantitative estimate of drug-likeness (QED) is 0.181. The highest BCUT2D eigenvalue weighted by Crippen LogP contribution is 2.47. The average Bonchev–Trinajstić information content (AvgIpc) is 4.08. The molecule has 6 aromatic heterocycles. The van der Waals surface area contributed by atoms with Gasteiger partial charge in [0.15, 0.2) is 5.82 Å². The first-order chi connectivity index (χ1) is 28.8. The molecule has 0 aliphatic rings. The topological polar surface area (TPSA) is 53.2 Å². The van der Waals surface area contributed by atoms with Crippen molar-refractivity contribution in [2.24, 2.45) is 0 Å². The maximum atomic E-state index is 6.66.